The highest BCUT2D eigenvalue weighted by Crippen LogP contribution is 2.32. The summed E-state index contributed by atoms with van der Waals surface area (Å²) in [5.41, 5.74) is 1.20. The molecule has 1 rings (SSSR count). The molecule has 3 heteroatoms. The van der Waals surface area contributed by atoms with Crippen LogP contribution in [0.5, 0.6) is 0 Å². The molecule has 0 bridgehead atoms. The zero-order valence-corrected chi connectivity index (χ0v) is 11.8. The summed E-state index contributed by atoms with van der Waals surface area (Å²) < 4.78 is 5.80. The van der Waals surface area contributed by atoms with Crippen molar-refractivity contribution in [3.63, 3.8) is 0 Å². The molecule has 1 atom stereocenters. The van der Waals surface area contributed by atoms with Crippen LogP contribution in [0.15, 0.2) is 30.3 Å². The Labute approximate surface area is 94.8 Å². The first-order valence-electron chi connectivity index (χ1n) is 5.00. The van der Waals surface area contributed by atoms with Crippen molar-refractivity contribution >= 4 is 23.1 Å². The van der Waals surface area contributed by atoms with Crippen LogP contribution in [0.2, 0.25) is 0 Å². The molecule has 1 aromatic carbocycles. The number of hydrogen-bond donors (Lipinski definition) is 1. The molecule has 14 heavy (non-hydrogen) atoms. The second kappa shape index (κ2) is 5.58. The Morgan fingerprint density at radius 3 is 2.43 bits per heavy atom. The van der Waals surface area contributed by atoms with Crippen molar-refractivity contribution in [3.05, 3.63) is 35.9 Å². The molecule has 0 saturated heterocycles. The van der Waals surface area contributed by atoms with Gasteiger partial charge in [-0.05, 0) is 24.2 Å². The quantitative estimate of drug-likeness (QED) is 0.596. The van der Waals surface area contributed by atoms with Gasteiger partial charge in [-0.1, -0.05) is 37.3 Å². The lowest BCUT2D eigenvalue weighted by molar-refractivity contribution is 0.0700. The molecule has 1 aromatic rings. The van der Waals surface area contributed by atoms with Crippen LogP contribution in [0.4, 0.5) is 0 Å². The minimum atomic E-state index is -0.0881. The average Bonchev–Trinajstić information content (AvgIpc) is 2.27. The molecular formula is C11H18OSSi. The molecular weight excluding hydrogens is 208 g/mol. The van der Waals surface area contributed by atoms with Gasteiger partial charge in [0.1, 0.15) is 10.5 Å². The Morgan fingerprint density at radius 1 is 1.36 bits per heavy atom. The highest BCUT2D eigenvalue weighted by molar-refractivity contribution is 7.80. The van der Waals surface area contributed by atoms with Gasteiger partial charge in [0.05, 0.1) is 5.60 Å². The molecule has 0 aliphatic rings. The van der Waals surface area contributed by atoms with Crippen LogP contribution in [0, 0.1) is 0 Å². The van der Waals surface area contributed by atoms with E-state index >= 15 is 0 Å². The first-order valence-corrected chi connectivity index (χ1v) is 6.45. The van der Waals surface area contributed by atoms with E-state index in [2.05, 4.69) is 43.8 Å². The normalized spacial score (nSPS) is 15.3. The fourth-order valence-corrected chi connectivity index (χ4v) is 2.90. The maximum atomic E-state index is 5.80. The van der Waals surface area contributed by atoms with Gasteiger partial charge >= 0.3 is 0 Å². The predicted molar refractivity (Wildman–Crippen MR) is 67.9 cm³/mol. The van der Waals surface area contributed by atoms with E-state index in [9.17, 15) is 0 Å². The lowest BCUT2D eigenvalue weighted by Gasteiger charge is -2.32. The van der Waals surface area contributed by atoms with Gasteiger partial charge in [-0.2, -0.15) is 12.6 Å². The molecule has 0 N–H and O–H groups in total. The summed E-state index contributed by atoms with van der Waals surface area (Å²) in [6.07, 6.45) is 2.00. The maximum absolute atomic E-state index is 5.80. The molecule has 0 aromatic heterocycles. The molecule has 0 heterocycles. The minimum absolute atomic E-state index is 0.0881. The topological polar surface area (TPSA) is 9.23 Å². The van der Waals surface area contributed by atoms with Gasteiger partial charge in [0.15, 0.2) is 0 Å². The fourth-order valence-electron chi connectivity index (χ4n) is 1.81. The monoisotopic (exact) mass is 226 g/mol. The molecule has 0 saturated carbocycles. The highest BCUT2D eigenvalue weighted by Gasteiger charge is 2.27. The lowest BCUT2D eigenvalue weighted by atomic mass is 9.89. The SMILES string of the molecule is CCC(CCS)(O[SiH3])c1ccccc1. The van der Waals surface area contributed by atoms with Gasteiger partial charge < -0.3 is 4.43 Å². The molecule has 0 spiro atoms. The van der Waals surface area contributed by atoms with E-state index in [-0.39, 0.29) is 5.60 Å². The summed E-state index contributed by atoms with van der Waals surface area (Å²) in [4.78, 5) is 0. The summed E-state index contributed by atoms with van der Waals surface area (Å²) in [7, 11) is 0.771. The van der Waals surface area contributed by atoms with E-state index in [0.29, 0.717) is 0 Å². The largest absolute Gasteiger partial charge is 0.418 e. The van der Waals surface area contributed by atoms with Crippen molar-refractivity contribution in [2.75, 3.05) is 5.75 Å². The number of hydrogen-bond acceptors (Lipinski definition) is 2. The van der Waals surface area contributed by atoms with E-state index in [1.54, 1.807) is 0 Å². The second-order valence-electron chi connectivity index (χ2n) is 3.39. The molecule has 0 aliphatic heterocycles. The third kappa shape index (κ3) is 2.41. The maximum Gasteiger partial charge on any atom is 0.147 e. The van der Waals surface area contributed by atoms with Crippen molar-refractivity contribution in [2.24, 2.45) is 0 Å². The van der Waals surface area contributed by atoms with Crippen LogP contribution in [0.3, 0.4) is 0 Å². The van der Waals surface area contributed by atoms with Crippen LogP contribution < -0.4 is 0 Å². The zero-order chi connectivity index (χ0) is 10.4. The minimum Gasteiger partial charge on any atom is -0.418 e. The van der Waals surface area contributed by atoms with Gasteiger partial charge in [0.25, 0.3) is 0 Å². The van der Waals surface area contributed by atoms with Crippen LogP contribution in [-0.2, 0) is 10.0 Å². The number of benzene rings is 1. The Balaban J connectivity index is 2.98. The van der Waals surface area contributed by atoms with Crippen LogP contribution in [-0.4, -0.2) is 16.2 Å². The molecule has 1 unspecified atom stereocenters. The Morgan fingerprint density at radius 2 is 2.00 bits per heavy atom. The first kappa shape index (κ1) is 11.8. The summed E-state index contributed by atoms with van der Waals surface area (Å²) in [6.45, 7) is 2.17. The lowest BCUT2D eigenvalue weighted by Crippen LogP contribution is -2.28. The summed E-state index contributed by atoms with van der Waals surface area (Å²) >= 11 is 4.31. The zero-order valence-electron chi connectivity index (χ0n) is 8.86. The molecule has 0 radical (unpaired) electrons. The van der Waals surface area contributed by atoms with E-state index in [0.717, 1.165) is 29.1 Å². The Bertz CT molecular complexity index is 259. The van der Waals surface area contributed by atoms with E-state index < -0.39 is 0 Å². The summed E-state index contributed by atoms with van der Waals surface area (Å²) in [5, 5.41) is 0. The molecule has 1 nitrogen and oxygen atoms in total. The highest BCUT2D eigenvalue weighted by atomic mass is 32.1. The third-order valence-electron chi connectivity index (χ3n) is 2.78. The summed E-state index contributed by atoms with van der Waals surface area (Å²) in [6, 6.07) is 10.5. The van der Waals surface area contributed by atoms with Gasteiger partial charge in [-0.25, -0.2) is 0 Å². The predicted octanol–water partition coefficient (Wildman–Crippen LogP) is 1.91. The van der Waals surface area contributed by atoms with Crippen molar-refractivity contribution < 1.29 is 4.43 Å². The number of rotatable bonds is 5. The fraction of sp³-hybridized carbons (Fsp3) is 0.455. The van der Waals surface area contributed by atoms with Crippen LogP contribution in [0.1, 0.15) is 25.3 Å². The van der Waals surface area contributed by atoms with Crippen LogP contribution >= 0.6 is 12.6 Å². The molecule has 78 valence electrons. The van der Waals surface area contributed by atoms with Crippen molar-refractivity contribution in [1.29, 1.82) is 0 Å². The van der Waals surface area contributed by atoms with Crippen molar-refractivity contribution in [1.82, 2.24) is 0 Å². The van der Waals surface area contributed by atoms with E-state index in [4.69, 9.17) is 4.43 Å². The van der Waals surface area contributed by atoms with Gasteiger partial charge in [-0.15, -0.1) is 0 Å². The van der Waals surface area contributed by atoms with Gasteiger partial charge in [0, 0.05) is 0 Å². The van der Waals surface area contributed by atoms with Crippen molar-refractivity contribution in [2.45, 2.75) is 25.4 Å². The Hall–Kier alpha value is -0.253. The third-order valence-corrected chi connectivity index (χ3v) is 3.78. The molecule has 0 amide bonds. The smallest absolute Gasteiger partial charge is 0.147 e. The second-order valence-corrected chi connectivity index (χ2v) is 4.25. The van der Waals surface area contributed by atoms with Gasteiger partial charge in [-0.3, -0.25) is 0 Å². The summed E-state index contributed by atoms with van der Waals surface area (Å²) in [5.74, 6) is 0.866. The molecule has 0 fully saturated rings. The van der Waals surface area contributed by atoms with Gasteiger partial charge in [0.2, 0.25) is 0 Å². The Kier molecular flexibility index (Phi) is 4.71. The van der Waals surface area contributed by atoms with Crippen LogP contribution in [0.25, 0.3) is 0 Å². The standard InChI is InChI=1S/C11H18OSSi/c1-2-11(12-14,8-9-13)10-6-4-3-5-7-10/h3-7,13H,2,8-9H2,1,14H3. The van der Waals surface area contributed by atoms with E-state index in [1.165, 1.54) is 5.56 Å². The average molecular weight is 226 g/mol. The molecule has 0 aliphatic carbocycles. The number of thiol groups is 1. The van der Waals surface area contributed by atoms with E-state index in [1.807, 2.05) is 6.07 Å². The first-order chi connectivity index (χ1) is 6.79. The van der Waals surface area contributed by atoms with Crippen molar-refractivity contribution in [3.8, 4) is 0 Å².